The fourth-order valence-corrected chi connectivity index (χ4v) is 8.52. The molecule has 6 fully saturated rings. The molecule has 32 heavy (non-hydrogen) atoms. The third-order valence-corrected chi connectivity index (χ3v) is 10.4. The van der Waals surface area contributed by atoms with Crippen LogP contribution in [0.5, 0.6) is 0 Å². The number of hydrogen-bond donors (Lipinski definition) is 3. The summed E-state index contributed by atoms with van der Waals surface area (Å²) in [6.07, 6.45) is 16.6. The van der Waals surface area contributed by atoms with E-state index < -0.39 is 0 Å². The van der Waals surface area contributed by atoms with E-state index in [1.165, 1.54) is 82.9 Å². The highest BCUT2D eigenvalue weighted by molar-refractivity contribution is 5.15. The molecule has 0 spiro atoms. The minimum Gasteiger partial charge on any atom is -0.372 e. The Labute approximate surface area is 195 Å². The average molecular weight is 442 g/mol. The quantitative estimate of drug-likeness (QED) is 0.622. The molecule has 3 aliphatic heterocycles. The van der Waals surface area contributed by atoms with Crippen LogP contribution in [0.3, 0.4) is 0 Å². The van der Waals surface area contributed by atoms with Gasteiger partial charge in [0.2, 0.25) is 0 Å². The molecular formula is C27H47N5. The molecule has 5 heteroatoms. The third-order valence-electron chi connectivity index (χ3n) is 10.4. The van der Waals surface area contributed by atoms with E-state index in [4.69, 9.17) is 5.73 Å². The monoisotopic (exact) mass is 441 g/mol. The maximum absolute atomic E-state index is 6.65. The molecule has 3 saturated heterocycles. The van der Waals surface area contributed by atoms with Gasteiger partial charge in [-0.05, 0) is 83.0 Å². The Morgan fingerprint density at radius 1 is 0.906 bits per heavy atom. The Bertz CT molecular complexity index is 684. The van der Waals surface area contributed by atoms with Gasteiger partial charge in [-0.15, -0.1) is 0 Å². The van der Waals surface area contributed by atoms with Gasteiger partial charge in [-0.3, -0.25) is 5.43 Å². The zero-order valence-corrected chi connectivity index (χ0v) is 20.4. The molecule has 6 rings (SSSR count). The summed E-state index contributed by atoms with van der Waals surface area (Å²) in [5.74, 6) is 3.30. The highest BCUT2D eigenvalue weighted by atomic mass is 15.6. The standard InChI is InChI=1S/C27H47N5/c1-17-15-23(28)22(16-29-17)18(2)31-14-13-26-27-24(5-3-4-6-25(27)31)30-32(26)21-11-9-20(10-12-21)19-7-8-19/h17,19-27,29-30H,2-16,28H2,1H3/t17?,20?,21?,22?,23?,24?,25-,26?,27?/m0/s1. The molecule has 3 saturated carbocycles. The van der Waals surface area contributed by atoms with Gasteiger partial charge in [0.1, 0.15) is 0 Å². The summed E-state index contributed by atoms with van der Waals surface area (Å²) in [6, 6.07) is 3.60. The van der Waals surface area contributed by atoms with Crippen LogP contribution in [0.25, 0.3) is 0 Å². The Morgan fingerprint density at radius 3 is 2.34 bits per heavy atom. The van der Waals surface area contributed by atoms with Crippen LogP contribution in [0.2, 0.25) is 0 Å². The molecule has 0 aromatic rings. The normalized spacial score (nSPS) is 47.7. The number of hydrogen-bond acceptors (Lipinski definition) is 5. The zero-order chi connectivity index (χ0) is 21.8. The summed E-state index contributed by atoms with van der Waals surface area (Å²) >= 11 is 0. The molecule has 4 N–H and O–H groups in total. The Kier molecular flexibility index (Phi) is 6.06. The fourth-order valence-electron chi connectivity index (χ4n) is 8.52. The molecule has 7 atom stereocenters. The van der Waals surface area contributed by atoms with E-state index in [1.54, 1.807) is 0 Å². The van der Waals surface area contributed by atoms with E-state index in [0.29, 0.717) is 24.0 Å². The van der Waals surface area contributed by atoms with Crippen LogP contribution in [-0.2, 0) is 0 Å². The number of nitrogens with zero attached hydrogens (tertiary/aromatic N) is 2. The van der Waals surface area contributed by atoms with Crippen molar-refractivity contribution in [3.8, 4) is 0 Å². The first-order chi connectivity index (χ1) is 15.6. The summed E-state index contributed by atoms with van der Waals surface area (Å²) in [5, 5.41) is 6.49. The van der Waals surface area contributed by atoms with Crippen molar-refractivity contribution in [3.63, 3.8) is 0 Å². The number of nitrogens with two attached hydrogens (primary N) is 1. The molecule has 0 aromatic heterocycles. The molecule has 0 aromatic carbocycles. The lowest BCUT2D eigenvalue weighted by Gasteiger charge is -2.50. The lowest BCUT2D eigenvalue weighted by molar-refractivity contribution is 0.0184. The predicted octanol–water partition coefficient (Wildman–Crippen LogP) is 3.62. The van der Waals surface area contributed by atoms with E-state index >= 15 is 0 Å². The first kappa shape index (κ1) is 21.9. The second kappa shape index (κ2) is 8.87. The Morgan fingerprint density at radius 2 is 1.62 bits per heavy atom. The van der Waals surface area contributed by atoms with Crippen LogP contribution in [0.4, 0.5) is 0 Å². The van der Waals surface area contributed by atoms with Crippen molar-refractivity contribution in [2.24, 2.45) is 29.4 Å². The van der Waals surface area contributed by atoms with Gasteiger partial charge in [-0.2, -0.15) is 0 Å². The lowest BCUT2D eigenvalue weighted by Crippen LogP contribution is -2.58. The molecule has 6 unspecified atom stereocenters. The van der Waals surface area contributed by atoms with Crippen molar-refractivity contribution in [2.45, 2.75) is 120 Å². The predicted molar refractivity (Wildman–Crippen MR) is 131 cm³/mol. The molecule has 180 valence electrons. The third kappa shape index (κ3) is 3.95. The zero-order valence-electron chi connectivity index (χ0n) is 20.4. The van der Waals surface area contributed by atoms with Crippen LogP contribution in [0.1, 0.15) is 84.0 Å². The largest absolute Gasteiger partial charge is 0.372 e. The van der Waals surface area contributed by atoms with Crippen LogP contribution in [-0.4, -0.2) is 59.2 Å². The van der Waals surface area contributed by atoms with Crippen molar-refractivity contribution in [1.82, 2.24) is 20.7 Å². The van der Waals surface area contributed by atoms with E-state index in [9.17, 15) is 0 Å². The minimum atomic E-state index is 0.248. The van der Waals surface area contributed by atoms with Gasteiger partial charge in [0, 0.05) is 66.9 Å². The topological polar surface area (TPSA) is 56.6 Å². The average Bonchev–Trinajstić information content (AvgIpc) is 3.60. The number of rotatable bonds is 4. The van der Waals surface area contributed by atoms with Gasteiger partial charge in [-0.1, -0.05) is 19.4 Å². The maximum Gasteiger partial charge on any atom is 0.0345 e. The fraction of sp³-hybridized carbons (Fsp3) is 0.926. The van der Waals surface area contributed by atoms with Crippen molar-refractivity contribution >= 4 is 0 Å². The SMILES string of the molecule is C=C(C1CNC(C)CC1N)N1CCC2C3C(CCCC[C@@H]31)NN2C1CCC(C2CC2)CC1. The van der Waals surface area contributed by atoms with Crippen LogP contribution < -0.4 is 16.5 Å². The number of hydrazine groups is 1. The number of nitrogens with one attached hydrogen (secondary N) is 2. The second-order valence-corrected chi connectivity index (χ2v) is 12.3. The van der Waals surface area contributed by atoms with Gasteiger partial charge in [0.25, 0.3) is 0 Å². The van der Waals surface area contributed by atoms with Gasteiger partial charge in [0.05, 0.1) is 0 Å². The highest BCUT2D eigenvalue weighted by Gasteiger charge is 2.53. The highest BCUT2D eigenvalue weighted by Crippen LogP contribution is 2.48. The smallest absolute Gasteiger partial charge is 0.0345 e. The second-order valence-electron chi connectivity index (χ2n) is 12.3. The molecular weight excluding hydrogens is 394 g/mol. The Balaban J connectivity index is 1.17. The van der Waals surface area contributed by atoms with Crippen molar-refractivity contribution in [2.75, 3.05) is 13.1 Å². The molecule has 0 radical (unpaired) electrons. The van der Waals surface area contributed by atoms with Gasteiger partial charge < -0.3 is 16.0 Å². The van der Waals surface area contributed by atoms with Crippen LogP contribution in [0.15, 0.2) is 12.3 Å². The molecule has 6 aliphatic rings. The first-order valence-electron chi connectivity index (χ1n) is 14.1. The summed E-state index contributed by atoms with van der Waals surface area (Å²) in [6.45, 7) is 9.11. The summed E-state index contributed by atoms with van der Waals surface area (Å²) < 4.78 is 0. The van der Waals surface area contributed by atoms with E-state index in [1.807, 2.05) is 0 Å². The Hall–Kier alpha value is -0.620. The van der Waals surface area contributed by atoms with Crippen LogP contribution in [0, 0.1) is 23.7 Å². The first-order valence-corrected chi connectivity index (χ1v) is 14.1. The summed E-state index contributed by atoms with van der Waals surface area (Å²) in [4.78, 5) is 2.75. The van der Waals surface area contributed by atoms with Crippen LogP contribution >= 0.6 is 0 Å². The van der Waals surface area contributed by atoms with Crippen molar-refractivity contribution in [3.05, 3.63) is 12.3 Å². The molecule has 3 heterocycles. The number of likely N-dealkylation sites (tertiary alicyclic amines) is 1. The van der Waals surface area contributed by atoms with E-state index in [-0.39, 0.29) is 6.04 Å². The van der Waals surface area contributed by atoms with Gasteiger partial charge in [-0.25, -0.2) is 5.01 Å². The van der Waals surface area contributed by atoms with Gasteiger partial charge >= 0.3 is 0 Å². The van der Waals surface area contributed by atoms with Crippen molar-refractivity contribution < 1.29 is 0 Å². The molecule has 5 nitrogen and oxygen atoms in total. The summed E-state index contributed by atoms with van der Waals surface area (Å²) in [7, 11) is 0. The lowest BCUT2D eigenvalue weighted by atomic mass is 9.77. The van der Waals surface area contributed by atoms with Crippen molar-refractivity contribution in [1.29, 1.82) is 0 Å². The molecule has 0 amide bonds. The molecule has 0 bridgehead atoms. The van der Waals surface area contributed by atoms with Gasteiger partial charge in [0.15, 0.2) is 0 Å². The van der Waals surface area contributed by atoms with E-state index in [2.05, 4.69) is 34.2 Å². The summed E-state index contributed by atoms with van der Waals surface area (Å²) in [5.41, 5.74) is 12.1. The minimum absolute atomic E-state index is 0.248. The molecule has 3 aliphatic carbocycles. The maximum atomic E-state index is 6.65. The van der Waals surface area contributed by atoms with E-state index in [0.717, 1.165) is 42.8 Å². The number of piperidine rings is 2.